The number of carbonyl (C=O) groups is 1. The number of rotatable bonds is 8. The number of hydrogen-bond donors (Lipinski definition) is 0. The van der Waals surface area contributed by atoms with Crippen LogP contribution >= 0.6 is 0 Å². The third kappa shape index (κ3) is 7.30. The zero-order valence-corrected chi connectivity index (χ0v) is 12.4. The van der Waals surface area contributed by atoms with E-state index < -0.39 is 15.3 Å². The van der Waals surface area contributed by atoms with Crippen molar-refractivity contribution in [2.45, 2.75) is 53.2 Å². The van der Waals surface area contributed by atoms with E-state index in [4.69, 9.17) is 13.6 Å². The van der Waals surface area contributed by atoms with E-state index in [1.54, 1.807) is 0 Å². The molecule has 0 aromatic carbocycles. The average molecular weight is 259 g/mol. The normalized spacial score (nSPS) is 11.3. The Labute approximate surface area is 106 Å². The first-order chi connectivity index (χ1) is 7.88. The van der Waals surface area contributed by atoms with Gasteiger partial charge in [-0.1, -0.05) is 13.5 Å². The maximum Gasteiger partial charge on any atom is 0.431 e. The highest BCUT2D eigenvalue weighted by molar-refractivity contribution is 6.60. The Bertz CT molecular complexity index is 241. The van der Waals surface area contributed by atoms with Crippen molar-refractivity contribution in [2.75, 3.05) is 6.61 Å². The van der Waals surface area contributed by atoms with Crippen molar-refractivity contribution in [1.29, 1.82) is 0 Å². The number of carbonyl (C=O) groups excluding carboxylic acids is 1. The Morgan fingerprint density at radius 2 is 1.65 bits per heavy atom. The molecule has 0 amide bonds. The van der Waals surface area contributed by atoms with Gasteiger partial charge in [0.1, 0.15) is 0 Å². The van der Waals surface area contributed by atoms with Crippen LogP contribution in [0.5, 0.6) is 0 Å². The second kappa shape index (κ2) is 8.44. The molecule has 0 spiro atoms. The monoisotopic (exact) mass is 259 g/mol. The minimum atomic E-state index is -1.82. The van der Waals surface area contributed by atoms with Gasteiger partial charge in [0.25, 0.3) is 0 Å². The lowest BCUT2D eigenvalue weighted by Crippen LogP contribution is -2.35. The van der Waals surface area contributed by atoms with E-state index in [-0.39, 0.29) is 12.2 Å². The molecule has 0 N–H and O–H groups in total. The standard InChI is InChI=1S/C12H23O4Si/c1-7-8-14-12(13)11(6)17(15-9(2)3)16-10(4)5/h9-10H,6-8H2,1-5H3. The number of esters is 1. The molecule has 0 aliphatic carbocycles. The van der Waals surface area contributed by atoms with Crippen LogP contribution in [0.4, 0.5) is 0 Å². The molecule has 0 saturated carbocycles. The molecule has 5 heteroatoms. The minimum absolute atomic E-state index is 0.00151. The summed E-state index contributed by atoms with van der Waals surface area (Å²) >= 11 is 0. The first-order valence-corrected chi connectivity index (χ1v) is 7.26. The van der Waals surface area contributed by atoms with Crippen molar-refractivity contribution in [3.8, 4) is 0 Å². The summed E-state index contributed by atoms with van der Waals surface area (Å²) in [5.41, 5.74) is 0. The largest absolute Gasteiger partial charge is 0.463 e. The van der Waals surface area contributed by atoms with Gasteiger partial charge in [-0.3, -0.25) is 0 Å². The Morgan fingerprint density at radius 3 is 2.00 bits per heavy atom. The Balaban J connectivity index is 4.45. The summed E-state index contributed by atoms with van der Waals surface area (Å²) in [5.74, 6) is -0.415. The maximum absolute atomic E-state index is 11.7. The maximum atomic E-state index is 11.7. The van der Waals surface area contributed by atoms with E-state index in [1.807, 2.05) is 34.6 Å². The first-order valence-electron chi connectivity index (χ1n) is 5.95. The van der Waals surface area contributed by atoms with Gasteiger partial charge in [-0.25, -0.2) is 4.79 Å². The molecular weight excluding hydrogens is 236 g/mol. The van der Waals surface area contributed by atoms with Gasteiger partial charge >= 0.3 is 15.3 Å². The Kier molecular flexibility index (Phi) is 8.12. The van der Waals surface area contributed by atoms with Crippen LogP contribution in [0.15, 0.2) is 11.8 Å². The van der Waals surface area contributed by atoms with Crippen molar-refractivity contribution >= 4 is 15.3 Å². The second-order valence-electron chi connectivity index (χ2n) is 4.24. The molecule has 99 valence electrons. The van der Waals surface area contributed by atoms with Crippen molar-refractivity contribution < 1.29 is 18.4 Å². The van der Waals surface area contributed by atoms with Crippen LogP contribution in [0.25, 0.3) is 0 Å². The van der Waals surface area contributed by atoms with E-state index in [1.165, 1.54) is 0 Å². The van der Waals surface area contributed by atoms with Crippen LogP contribution in [0.2, 0.25) is 0 Å². The molecule has 0 rings (SSSR count). The molecular formula is C12H23O4Si. The van der Waals surface area contributed by atoms with Crippen LogP contribution in [0.3, 0.4) is 0 Å². The fourth-order valence-corrected chi connectivity index (χ4v) is 2.40. The van der Waals surface area contributed by atoms with Crippen LogP contribution in [0, 0.1) is 0 Å². The molecule has 0 aliphatic rings. The smallest absolute Gasteiger partial charge is 0.431 e. The molecule has 0 aromatic heterocycles. The van der Waals surface area contributed by atoms with Gasteiger partial charge in [-0.15, -0.1) is 0 Å². The molecule has 1 radical (unpaired) electrons. The Morgan fingerprint density at radius 1 is 1.18 bits per heavy atom. The lowest BCUT2D eigenvalue weighted by molar-refractivity contribution is -0.138. The predicted molar refractivity (Wildman–Crippen MR) is 68.6 cm³/mol. The van der Waals surface area contributed by atoms with Gasteiger partial charge in [0.2, 0.25) is 0 Å². The molecule has 0 fully saturated rings. The summed E-state index contributed by atoms with van der Waals surface area (Å²) in [6.45, 7) is 13.7. The molecule has 0 unspecified atom stereocenters. The van der Waals surface area contributed by atoms with Crippen molar-refractivity contribution in [3.63, 3.8) is 0 Å². The lowest BCUT2D eigenvalue weighted by Gasteiger charge is -2.20. The Hall–Kier alpha value is -0.653. The second-order valence-corrected chi connectivity index (χ2v) is 5.89. The number of ether oxygens (including phenoxy) is 1. The van der Waals surface area contributed by atoms with Crippen LogP contribution in [0.1, 0.15) is 41.0 Å². The molecule has 0 atom stereocenters. The van der Waals surface area contributed by atoms with Crippen LogP contribution in [-0.4, -0.2) is 34.1 Å². The van der Waals surface area contributed by atoms with Crippen molar-refractivity contribution in [3.05, 3.63) is 11.8 Å². The SMILES string of the molecule is C=C(C(=O)OCCC)[Si](OC(C)C)OC(C)C. The topological polar surface area (TPSA) is 44.8 Å². The molecule has 0 heterocycles. The van der Waals surface area contributed by atoms with Gasteiger partial charge in [0, 0.05) is 12.2 Å². The summed E-state index contributed by atoms with van der Waals surface area (Å²) < 4.78 is 16.2. The molecule has 0 bridgehead atoms. The summed E-state index contributed by atoms with van der Waals surface area (Å²) in [6.07, 6.45) is 0.786. The van der Waals surface area contributed by atoms with E-state index in [0.717, 1.165) is 6.42 Å². The van der Waals surface area contributed by atoms with Gasteiger partial charge < -0.3 is 13.6 Å². The third-order valence-electron chi connectivity index (χ3n) is 1.62. The molecule has 0 aromatic rings. The third-order valence-corrected chi connectivity index (χ3v) is 3.68. The summed E-state index contributed by atoms with van der Waals surface area (Å²) in [4.78, 5) is 11.7. The fourth-order valence-electron chi connectivity index (χ4n) is 0.963. The fraction of sp³-hybridized carbons (Fsp3) is 0.750. The van der Waals surface area contributed by atoms with Gasteiger partial charge in [-0.05, 0) is 34.1 Å². The zero-order chi connectivity index (χ0) is 13.4. The molecule has 0 saturated heterocycles. The highest BCUT2D eigenvalue weighted by atomic mass is 28.3. The lowest BCUT2D eigenvalue weighted by atomic mass is 10.5. The van der Waals surface area contributed by atoms with Gasteiger partial charge in [0.05, 0.1) is 11.8 Å². The summed E-state index contributed by atoms with van der Waals surface area (Å²) in [6, 6.07) is 0. The summed E-state index contributed by atoms with van der Waals surface area (Å²) in [5, 5.41) is 0.311. The van der Waals surface area contributed by atoms with Crippen LogP contribution < -0.4 is 0 Å². The zero-order valence-electron chi connectivity index (χ0n) is 11.4. The van der Waals surface area contributed by atoms with E-state index in [9.17, 15) is 4.79 Å². The van der Waals surface area contributed by atoms with Gasteiger partial charge in [-0.2, -0.15) is 0 Å². The minimum Gasteiger partial charge on any atom is -0.463 e. The van der Waals surface area contributed by atoms with Crippen molar-refractivity contribution in [1.82, 2.24) is 0 Å². The van der Waals surface area contributed by atoms with E-state index in [0.29, 0.717) is 11.8 Å². The highest BCUT2D eigenvalue weighted by Gasteiger charge is 2.29. The van der Waals surface area contributed by atoms with E-state index in [2.05, 4.69) is 6.58 Å². The molecule has 0 aliphatic heterocycles. The van der Waals surface area contributed by atoms with Gasteiger partial charge in [0.15, 0.2) is 0 Å². The number of hydrogen-bond acceptors (Lipinski definition) is 4. The highest BCUT2D eigenvalue weighted by Crippen LogP contribution is 2.10. The van der Waals surface area contributed by atoms with Crippen molar-refractivity contribution in [2.24, 2.45) is 0 Å². The average Bonchev–Trinajstić information content (AvgIpc) is 2.22. The van der Waals surface area contributed by atoms with E-state index >= 15 is 0 Å². The first kappa shape index (κ1) is 16.3. The quantitative estimate of drug-likeness (QED) is 0.381. The molecule has 4 nitrogen and oxygen atoms in total. The van der Waals surface area contributed by atoms with Crippen LogP contribution in [-0.2, 0) is 18.4 Å². The molecule has 17 heavy (non-hydrogen) atoms. The summed E-state index contributed by atoms with van der Waals surface area (Å²) in [7, 11) is -1.82. The predicted octanol–water partition coefficient (Wildman–Crippen LogP) is 2.37.